The summed E-state index contributed by atoms with van der Waals surface area (Å²) in [5.74, 6) is 0. The van der Waals surface area contributed by atoms with Gasteiger partial charge in [-0.3, -0.25) is 0 Å². The van der Waals surface area contributed by atoms with Crippen LogP contribution < -0.4 is 10.2 Å². The van der Waals surface area contributed by atoms with Gasteiger partial charge in [-0.1, -0.05) is 6.07 Å². The highest BCUT2D eigenvalue weighted by Crippen LogP contribution is 2.23. The molecule has 3 heteroatoms. The molecule has 1 aromatic carbocycles. The van der Waals surface area contributed by atoms with Gasteiger partial charge in [0.1, 0.15) is 0 Å². The molecule has 1 N–H and O–H groups in total. The Morgan fingerprint density at radius 1 is 1.35 bits per heavy atom. The van der Waals surface area contributed by atoms with Crippen molar-refractivity contribution in [2.75, 3.05) is 25.2 Å². The Labute approximate surface area is 123 Å². The largest absolute Gasteiger partial charge is 0.383 e. The van der Waals surface area contributed by atoms with Crippen molar-refractivity contribution in [3.05, 3.63) is 29.3 Å². The summed E-state index contributed by atoms with van der Waals surface area (Å²) in [6.07, 6.45) is 2.69. The molecule has 0 unspecified atom stereocenters. The summed E-state index contributed by atoms with van der Waals surface area (Å²) in [4.78, 5) is 2.40. The fraction of sp³-hybridized carbons (Fsp3) is 0.647. The first-order chi connectivity index (χ1) is 9.61. The maximum Gasteiger partial charge on any atom is 0.0637 e. The first kappa shape index (κ1) is 15.3. The third-order valence-corrected chi connectivity index (χ3v) is 3.98. The van der Waals surface area contributed by atoms with E-state index in [4.69, 9.17) is 4.74 Å². The average molecular weight is 276 g/mol. The Morgan fingerprint density at radius 3 is 2.65 bits per heavy atom. The van der Waals surface area contributed by atoms with Gasteiger partial charge in [0.2, 0.25) is 0 Å². The molecule has 1 aromatic rings. The Bertz CT molecular complexity index is 427. The Balaban J connectivity index is 2.04. The number of ether oxygens (including phenoxy) is 1. The second-order valence-electron chi connectivity index (χ2n) is 6.05. The minimum Gasteiger partial charge on any atom is -0.383 e. The topological polar surface area (TPSA) is 24.5 Å². The third-order valence-electron chi connectivity index (χ3n) is 3.98. The number of methoxy groups -OCH3 is 1. The molecule has 0 atom stereocenters. The van der Waals surface area contributed by atoms with Gasteiger partial charge in [-0.05, 0) is 56.9 Å². The highest BCUT2D eigenvalue weighted by Gasteiger charge is 2.20. The van der Waals surface area contributed by atoms with Crippen molar-refractivity contribution in [1.29, 1.82) is 0 Å². The minimum atomic E-state index is 0.486. The van der Waals surface area contributed by atoms with E-state index in [0.717, 1.165) is 25.7 Å². The van der Waals surface area contributed by atoms with Crippen molar-refractivity contribution in [2.45, 2.75) is 52.2 Å². The van der Waals surface area contributed by atoms with Crippen LogP contribution in [0, 0.1) is 6.92 Å². The van der Waals surface area contributed by atoms with Crippen LogP contribution in [-0.2, 0) is 11.3 Å². The zero-order valence-corrected chi connectivity index (χ0v) is 13.3. The van der Waals surface area contributed by atoms with Crippen molar-refractivity contribution in [2.24, 2.45) is 0 Å². The fourth-order valence-corrected chi connectivity index (χ4v) is 2.47. The Kier molecular flexibility index (Phi) is 5.44. The molecule has 0 bridgehead atoms. The van der Waals surface area contributed by atoms with E-state index in [0.29, 0.717) is 6.04 Å². The molecule has 0 spiro atoms. The monoisotopic (exact) mass is 276 g/mol. The highest BCUT2D eigenvalue weighted by molar-refractivity contribution is 5.51. The molecule has 1 saturated carbocycles. The van der Waals surface area contributed by atoms with Crippen LogP contribution in [0.15, 0.2) is 18.2 Å². The lowest BCUT2D eigenvalue weighted by molar-refractivity contribution is 0.204. The van der Waals surface area contributed by atoms with Gasteiger partial charge in [0.05, 0.1) is 6.61 Å². The van der Waals surface area contributed by atoms with Crippen molar-refractivity contribution in [3.8, 4) is 0 Å². The summed E-state index contributed by atoms with van der Waals surface area (Å²) < 4.78 is 5.22. The van der Waals surface area contributed by atoms with Crippen molar-refractivity contribution < 1.29 is 4.74 Å². The molecule has 0 aliphatic heterocycles. The van der Waals surface area contributed by atoms with Crippen LogP contribution in [0.5, 0.6) is 0 Å². The molecule has 0 heterocycles. The molecule has 0 radical (unpaired) electrons. The van der Waals surface area contributed by atoms with E-state index in [9.17, 15) is 0 Å². The number of hydrogen-bond donors (Lipinski definition) is 1. The second kappa shape index (κ2) is 7.09. The molecule has 0 aromatic heterocycles. The van der Waals surface area contributed by atoms with Crippen LogP contribution >= 0.6 is 0 Å². The molecule has 2 rings (SSSR count). The van der Waals surface area contributed by atoms with Gasteiger partial charge in [0.15, 0.2) is 0 Å². The summed E-state index contributed by atoms with van der Waals surface area (Å²) in [5, 5.41) is 3.59. The van der Waals surface area contributed by atoms with Crippen LogP contribution in [0.2, 0.25) is 0 Å². The Morgan fingerprint density at radius 2 is 2.10 bits per heavy atom. The predicted molar refractivity (Wildman–Crippen MR) is 85.4 cm³/mol. The zero-order chi connectivity index (χ0) is 14.5. The maximum absolute atomic E-state index is 5.22. The minimum absolute atomic E-state index is 0.486. The smallest absolute Gasteiger partial charge is 0.0637 e. The van der Waals surface area contributed by atoms with Gasteiger partial charge in [-0.2, -0.15) is 0 Å². The summed E-state index contributed by atoms with van der Waals surface area (Å²) in [6.45, 7) is 9.37. The second-order valence-corrected chi connectivity index (χ2v) is 6.05. The number of hydrogen-bond acceptors (Lipinski definition) is 3. The van der Waals surface area contributed by atoms with E-state index in [-0.39, 0.29) is 0 Å². The molecule has 112 valence electrons. The summed E-state index contributed by atoms with van der Waals surface area (Å²) >= 11 is 0. The quantitative estimate of drug-likeness (QED) is 0.789. The lowest BCUT2D eigenvalue weighted by Crippen LogP contribution is -2.33. The van der Waals surface area contributed by atoms with E-state index in [2.05, 4.69) is 49.2 Å². The van der Waals surface area contributed by atoms with Crippen LogP contribution in [0.4, 0.5) is 5.69 Å². The summed E-state index contributed by atoms with van der Waals surface area (Å²) in [6, 6.07) is 8.07. The van der Waals surface area contributed by atoms with E-state index in [1.165, 1.54) is 29.7 Å². The maximum atomic E-state index is 5.22. The van der Waals surface area contributed by atoms with Gasteiger partial charge in [0.25, 0.3) is 0 Å². The van der Waals surface area contributed by atoms with Gasteiger partial charge in [0, 0.05) is 38.0 Å². The molecule has 20 heavy (non-hydrogen) atoms. The number of nitrogens with zero attached hydrogens (tertiary/aromatic N) is 1. The number of benzene rings is 1. The molecule has 0 saturated heterocycles. The first-order valence-electron chi connectivity index (χ1n) is 7.70. The lowest BCUT2D eigenvalue weighted by Gasteiger charge is -2.29. The number of nitrogens with one attached hydrogen (secondary N) is 1. The Hall–Kier alpha value is -1.06. The van der Waals surface area contributed by atoms with Crippen molar-refractivity contribution in [3.63, 3.8) is 0 Å². The normalized spacial score (nSPS) is 14.8. The predicted octanol–water partition coefficient (Wildman–Crippen LogP) is 3.11. The molecule has 1 aliphatic carbocycles. The van der Waals surface area contributed by atoms with Crippen LogP contribution in [0.25, 0.3) is 0 Å². The van der Waals surface area contributed by atoms with E-state index in [1.54, 1.807) is 7.11 Å². The molecular weight excluding hydrogens is 248 g/mol. The lowest BCUT2D eigenvalue weighted by atomic mass is 10.1. The SMILES string of the molecule is COCCN(c1ccc(CNC2CC2)c(C)c1)C(C)C. The third kappa shape index (κ3) is 4.22. The highest BCUT2D eigenvalue weighted by atomic mass is 16.5. The molecule has 1 fully saturated rings. The van der Waals surface area contributed by atoms with Crippen molar-refractivity contribution >= 4 is 5.69 Å². The van der Waals surface area contributed by atoms with E-state index >= 15 is 0 Å². The molecule has 0 amide bonds. The number of rotatable bonds is 8. The molecular formula is C17H28N2O. The average Bonchev–Trinajstić information content (AvgIpc) is 3.22. The van der Waals surface area contributed by atoms with E-state index in [1.807, 2.05) is 0 Å². The fourth-order valence-electron chi connectivity index (χ4n) is 2.47. The van der Waals surface area contributed by atoms with Gasteiger partial charge >= 0.3 is 0 Å². The van der Waals surface area contributed by atoms with Crippen LogP contribution in [0.3, 0.4) is 0 Å². The molecule has 1 aliphatic rings. The van der Waals surface area contributed by atoms with Crippen LogP contribution in [-0.4, -0.2) is 32.3 Å². The van der Waals surface area contributed by atoms with Gasteiger partial charge in [-0.25, -0.2) is 0 Å². The summed E-state index contributed by atoms with van der Waals surface area (Å²) in [5.41, 5.74) is 4.08. The van der Waals surface area contributed by atoms with Crippen molar-refractivity contribution in [1.82, 2.24) is 5.32 Å². The zero-order valence-electron chi connectivity index (χ0n) is 13.3. The standard InChI is InChI=1S/C17H28N2O/c1-13(2)19(9-10-20-4)17-8-5-15(14(3)11-17)12-18-16-6-7-16/h5,8,11,13,16,18H,6-7,9-10,12H2,1-4H3. The van der Waals surface area contributed by atoms with Gasteiger partial charge in [-0.15, -0.1) is 0 Å². The van der Waals surface area contributed by atoms with Gasteiger partial charge < -0.3 is 15.0 Å². The molecule has 3 nitrogen and oxygen atoms in total. The van der Waals surface area contributed by atoms with E-state index < -0.39 is 0 Å². The van der Waals surface area contributed by atoms with Crippen LogP contribution in [0.1, 0.15) is 37.8 Å². The first-order valence-corrected chi connectivity index (χ1v) is 7.70. The number of aryl methyl sites for hydroxylation is 1. The number of anilines is 1. The summed E-state index contributed by atoms with van der Waals surface area (Å²) in [7, 11) is 1.76.